The summed E-state index contributed by atoms with van der Waals surface area (Å²) in [6.45, 7) is 6.41. The van der Waals surface area contributed by atoms with E-state index in [2.05, 4.69) is 10.6 Å². The van der Waals surface area contributed by atoms with Crippen molar-refractivity contribution in [1.29, 1.82) is 0 Å². The summed E-state index contributed by atoms with van der Waals surface area (Å²) in [6.07, 6.45) is 0.448. The monoisotopic (exact) mass is 346 g/mol. The van der Waals surface area contributed by atoms with Crippen molar-refractivity contribution in [3.63, 3.8) is 0 Å². The van der Waals surface area contributed by atoms with Crippen molar-refractivity contribution in [3.05, 3.63) is 53.1 Å². The summed E-state index contributed by atoms with van der Waals surface area (Å²) < 4.78 is 5.75. The normalized spacial score (nSPS) is 10.5. The van der Waals surface area contributed by atoms with Gasteiger partial charge in [0.1, 0.15) is 5.75 Å². The van der Waals surface area contributed by atoms with Gasteiger partial charge in [-0.2, -0.15) is 0 Å². The first-order chi connectivity index (χ1) is 11.5. The Labute approximate surface area is 148 Å². The fourth-order valence-electron chi connectivity index (χ4n) is 2.17. The quantitative estimate of drug-likeness (QED) is 0.751. The van der Waals surface area contributed by atoms with Crippen molar-refractivity contribution in [1.82, 2.24) is 0 Å². The molecule has 0 atom stereocenters. The maximum atomic E-state index is 12.0. The summed E-state index contributed by atoms with van der Waals surface area (Å²) in [7, 11) is 0. The van der Waals surface area contributed by atoms with Crippen LogP contribution in [0.1, 0.15) is 25.8 Å². The predicted molar refractivity (Wildman–Crippen MR) is 100 cm³/mol. The van der Waals surface area contributed by atoms with E-state index >= 15 is 0 Å². The largest absolute Gasteiger partial charge is 0.489 e. The zero-order valence-corrected chi connectivity index (χ0v) is 15.0. The zero-order chi connectivity index (χ0) is 17.5. The summed E-state index contributed by atoms with van der Waals surface area (Å²) in [5.74, 6) is 0.725. The van der Waals surface area contributed by atoms with Gasteiger partial charge in [0.15, 0.2) is 0 Å². The van der Waals surface area contributed by atoms with E-state index in [1.54, 1.807) is 6.07 Å². The molecule has 0 aromatic heterocycles. The number of para-hydroxylation sites is 2. The van der Waals surface area contributed by atoms with Crippen LogP contribution in [0, 0.1) is 6.92 Å². The standard InChI is InChI=1S/C19H23ClN2O2/c1-13(2)24-18-7-5-4-6-17(18)21-11-10-19(23)22-15-9-8-14(3)16(20)12-15/h4-9,12-13,21H,10-11H2,1-3H3,(H,22,23). The van der Waals surface area contributed by atoms with Gasteiger partial charge in [0, 0.05) is 23.7 Å². The van der Waals surface area contributed by atoms with E-state index in [0.717, 1.165) is 17.0 Å². The number of rotatable bonds is 7. The predicted octanol–water partition coefficient (Wildman–Crippen LogP) is 4.88. The Hall–Kier alpha value is -2.20. The van der Waals surface area contributed by atoms with Crippen molar-refractivity contribution < 1.29 is 9.53 Å². The second kappa shape index (κ2) is 8.60. The molecule has 0 fully saturated rings. The Morgan fingerprint density at radius 3 is 2.67 bits per heavy atom. The number of hydrogen-bond acceptors (Lipinski definition) is 3. The van der Waals surface area contributed by atoms with E-state index in [-0.39, 0.29) is 12.0 Å². The van der Waals surface area contributed by atoms with Crippen LogP contribution >= 0.6 is 11.6 Å². The number of anilines is 2. The van der Waals surface area contributed by atoms with Gasteiger partial charge in [-0.25, -0.2) is 0 Å². The van der Waals surface area contributed by atoms with Crippen LogP contribution in [-0.4, -0.2) is 18.6 Å². The van der Waals surface area contributed by atoms with E-state index in [0.29, 0.717) is 23.7 Å². The van der Waals surface area contributed by atoms with E-state index < -0.39 is 0 Å². The molecule has 4 nitrogen and oxygen atoms in total. The van der Waals surface area contributed by atoms with Crippen molar-refractivity contribution in [2.75, 3.05) is 17.2 Å². The number of carbonyl (C=O) groups excluding carboxylic acids is 1. The van der Waals surface area contributed by atoms with Crippen molar-refractivity contribution in [3.8, 4) is 5.75 Å². The molecule has 0 unspecified atom stereocenters. The molecule has 0 bridgehead atoms. The summed E-state index contributed by atoms with van der Waals surface area (Å²) in [6, 6.07) is 13.2. The molecule has 1 amide bonds. The van der Waals surface area contributed by atoms with E-state index in [9.17, 15) is 4.79 Å². The first-order valence-electron chi connectivity index (χ1n) is 8.01. The number of amides is 1. The second-order valence-electron chi connectivity index (χ2n) is 5.85. The van der Waals surface area contributed by atoms with Crippen LogP contribution in [-0.2, 0) is 4.79 Å². The smallest absolute Gasteiger partial charge is 0.226 e. The van der Waals surface area contributed by atoms with Crippen LogP contribution in [0.3, 0.4) is 0 Å². The van der Waals surface area contributed by atoms with Gasteiger partial charge >= 0.3 is 0 Å². The van der Waals surface area contributed by atoms with Gasteiger partial charge in [-0.05, 0) is 50.6 Å². The fourth-order valence-corrected chi connectivity index (χ4v) is 2.35. The molecule has 0 saturated heterocycles. The molecule has 128 valence electrons. The number of halogens is 1. The fraction of sp³-hybridized carbons (Fsp3) is 0.316. The third-order valence-electron chi connectivity index (χ3n) is 3.37. The minimum atomic E-state index is -0.0651. The maximum absolute atomic E-state index is 12.0. The lowest BCUT2D eigenvalue weighted by molar-refractivity contribution is -0.115. The third-order valence-corrected chi connectivity index (χ3v) is 3.78. The van der Waals surface area contributed by atoms with Gasteiger partial charge in [-0.1, -0.05) is 29.8 Å². The van der Waals surface area contributed by atoms with E-state index in [1.807, 2.05) is 57.2 Å². The maximum Gasteiger partial charge on any atom is 0.226 e. The van der Waals surface area contributed by atoms with Crippen LogP contribution in [0.15, 0.2) is 42.5 Å². The molecule has 5 heteroatoms. The number of benzene rings is 2. The molecule has 2 N–H and O–H groups in total. The molecule has 2 aromatic rings. The van der Waals surface area contributed by atoms with Crippen molar-refractivity contribution >= 4 is 28.9 Å². The van der Waals surface area contributed by atoms with Crippen molar-refractivity contribution in [2.24, 2.45) is 0 Å². The first-order valence-corrected chi connectivity index (χ1v) is 8.39. The third kappa shape index (κ3) is 5.46. The highest BCUT2D eigenvalue weighted by Crippen LogP contribution is 2.25. The molecule has 0 saturated carbocycles. The van der Waals surface area contributed by atoms with Gasteiger partial charge in [0.05, 0.1) is 11.8 Å². The Balaban J connectivity index is 1.85. The minimum absolute atomic E-state index is 0.0651. The highest BCUT2D eigenvalue weighted by atomic mass is 35.5. The summed E-state index contributed by atoms with van der Waals surface area (Å²) in [5, 5.41) is 6.74. The zero-order valence-electron chi connectivity index (χ0n) is 14.2. The number of ether oxygens (including phenoxy) is 1. The van der Waals surface area contributed by atoms with Gasteiger partial charge < -0.3 is 15.4 Å². The Morgan fingerprint density at radius 2 is 1.96 bits per heavy atom. The lowest BCUT2D eigenvalue weighted by Crippen LogP contribution is -2.17. The minimum Gasteiger partial charge on any atom is -0.489 e. The van der Waals surface area contributed by atoms with E-state index in [1.165, 1.54) is 0 Å². The van der Waals surface area contributed by atoms with Gasteiger partial charge in [0.2, 0.25) is 5.91 Å². The summed E-state index contributed by atoms with van der Waals surface area (Å²) >= 11 is 6.06. The molecule has 0 aliphatic carbocycles. The SMILES string of the molecule is Cc1ccc(NC(=O)CCNc2ccccc2OC(C)C)cc1Cl. The van der Waals surface area contributed by atoms with Crippen LogP contribution in [0.4, 0.5) is 11.4 Å². The molecule has 0 spiro atoms. The Morgan fingerprint density at radius 1 is 1.21 bits per heavy atom. The summed E-state index contributed by atoms with van der Waals surface area (Å²) in [5.41, 5.74) is 2.58. The second-order valence-corrected chi connectivity index (χ2v) is 6.26. The molecule has 2 aromatic carbocycles. The van der Waals surface area contributed by atoms with Crippen LogP contribution < -0.4 is 15.4 Å². The molecular weight excluding hydrogens is 324 g/mol. The molecule has 0 aliphatic rings. The highest BCUT2D eigenvalue weighted by molar-refractivity contribution is 6.31. The number of hydrogen-bond donors (Lipinski definition) is 2. The lowest BCUT2D eigenvalue weighted by atomic mass is 10.2. The van der Waals surface area contributed by atoms with Gasteiger partial charge in [-0.15, -0.1) is 0 Å². The first kappa shape index (κ1) is 18.1. The van der Waals surface area contributed by atoms with Crippen molar-refractivity contribution in [2.45, 2.75) is 33.3 Å². The van der Waals surface area contributed by atoms with Crippen LogP contribution in [0.25, 0.3) is 0 Å². The molecule has 0 aliphatic heterocycles. The highest BCUT2D eigenvalue weighted by Gasteiger charge is 2.07. The average Bonchev–Trinajstić information content (AvgIpc) is 2.52. The Kier molecular flexibility index (Phi) is 6.50. The lowest BCUT2D eigenvalue weighted by Gasteiger charge is -2.15. The number of carbonyl (C=O) groups is 1. The molecule has 0 heterocycles. The van der Waals surface area contributed by atoms with Gasteiger partial charge in [-0.3, -0.25) is 4.79 Å². The molecule has 2 rings (SSSR count). The number of aryl methyl sites for hydroxylation is 1. The molecule has 0 radical (unpaired) electrons. The van der Waals surface area contributed by atoms with E-state index in [4.69, 9.17) is 16.3 Å². The Bertz CT molecular complexity index is 702. The molecular formula is C19H23ClN2O2. The van der Waals surface area contributed by atoms with Crippen LogP contribution in [0.5, 0.6) is 5.75 Å². The van der Waals surface area contributed by atoms with Gasteiger partial charge in [0.25, 0.3) is 0 Å². The summed E-state index contributed by atoms with van der Waals surface area (Å²) in [4.78, 5) is 12.0. The van der Waals surface area contributed by atoms with Crippen LogP contribution in [0.2, 0.25) is 5.02 Å². The number of nitrogens with one attached hydrogen (secondary N) is 2. The average molecular weight is 347 g/mol. The molecule has 24 heavy (non-hydrogen) atoms. The topological polar surface area (TPSA) is 50.4 Å².